The van der Waals surface area contributed by atoms with E-state index in [-0.39, 0.29) is 0 Å². The Bertz CT molecular complexity index is 344. The summed E-state index contributed by atoms with van der Waals surface area (Å²) in [6, 6.07) is 0.437. The van der Waals surface area contributed by atoms with Crippen LogP contribution in [0.2, 0.25) is 0 Å². The summed E-state index contributed by atoms with van der Waals surface area (Å²) in [6.07, 6.45) is 7.09. The van der Waals surface area contributed by atoms with Crippen molar-refractivity contribution in [2.75, 3.05) is 13.1 Å². The van der Waals surface area contributed by atoms with Crippen molar-refractivity contribution in [3.8, 4) is 0 Å². The van der Waals surface area contributed by atoms with Crippen LogP contribution in [-0.4, -0.2) is 25.0 Å². The molecular weight excluding hydrogens is 224 g/mol. The first-order valence-electron chi connectivity index (χ1n) is 7.52. The van der Waals surface area contributed by atoms with Crippen LogP contribution in [0.1, 0.15) is 52.4 Å². The second-order valence-corrected chi connectivity index (χ2v) is 7.48. The lowest BCUT2D eigenvalue weighted by atomic mass is 9.91. The van der Waals surface area contributed by atoms with E-state index in [9.17, 15) is 4.79 Å². The first kappa shape index (κ1) is 12.5. The van der Waals surface area contributed by atoms with Gasteiger partial charge in [0, 0.05) is 12.0 Å². The van der Waals surface area contributed by atoms with Crippen molar-refractivity contribution in [2.24, 2.45) is 16.7 Å². The summed E-state index contributed by atoms with van der Waals surface area (Å²) >= 11 is 0. The summed E-state index contributed by atoms with van der Waals surface area (Å²) in [5.74, 6) is 0.669. The monoisotopic (exact) mass is 250 g/mol. The maximum absolute atomic E-state index is 12.3. The summed E-state index contributed by atoms with van der Waals surface area (Å²) in [7, 11) is 0. The number of amides is 1. The van der Waals surface area contributed by atoms with Crippen molar-refractivity contribution >= 4 is 5.91 Å². The van der Waals surface area contributed by atoms with E-state index in [1.54, 1.807) is 0 Å². The standard InChI is InChI=1S/C15H26N2O/c1-14(2)4-3-11(9-14)17-13(18)12-10-15(12)5-7-16-8-6-15/h11-12,16H,3-10H2,1-2H3,(H,17,18). The Kier molecular flexibility index (Phi) is 2.92. The van der Waals surface area contributed by atoms with Crippen molar-refractivity contribution < 1.29 is 4.79 Å². The van der Waals surface area contributed by atoms with Gasteiger partial charge in [0.2, 0.25) is 5.91 Å². The van der Waals surface area contributed by atoms with Crippen LogP contribution in [0.25, 0.3) is 0 Å². The van der Waals surface area contributed by atoms with E-state index in [4.69, 9.17) is 0 Å². The van der Waals surface area contributed by atoms with Gasteiger partial charge in [-0.2, -0.15) is 0 Å². The molecule has 2 unspecified atom stereocenters. The Hall–Kier alpha value is -0.570. The molecule has 0 aromatic heterocycles. The van der Waals surface area contributed by atoms with Gasteiger partial charge in [-0.05, 0) is 62.4 Å². The lowest BCUT2D eigenvalue weighted by Gasteiger charge is -2.24. The number of rotatable bonds is 2. The number of carbonyl (C=O) groups is 1. The molecule has 0 radical (unpaired) electrons. The number of carbonyl (C=O) groups excluding carboxylic acids is 1. The van der Waals surface area contributed by atoms with Crippen molar-refractivity contribution in [2.45, 2.75) is 58.4 Å². The van der Waals surface area contributed by atoms with Gasteiger partial charge in [-0.25, -0.2) is 0 Å². The zero-order valence-corrected chi connectivity index (χ0v) is 11.7. The Balaban J connectivity index is 1.51. The number of hydrogen-bond donors (Lipinski definition) is 2. The molecule has 1 aliphatic heterocycles. The topological polar surface area (TPSA) is 41.1 Å². The van der Waals surface area contributed by atoms with Crippen LogP contribution < -0.4 is 10.6 Å². The highest BCUT2D eigenvalue weighted by Gasteiger charge is 2.57. The molecule has 1 heterocycles. The lowest BCUT2D eigenvalue weighted by Crippen LogP contribution is -2.37. The van der Waals surface area contributed by atoms with Crippen LogP contribution in [-0.2, 0) is 4.79 Å². The number of piperidine rings is 1. The summed E-state index contributed by atoms with van der Waals surface area (Å²) in [5.41, 5.74) is 0.803. The van der Waals surface area contributed by atoms with Crippen LogP contribution >= 0.6 is 0 Å². The fourth-order valence-corrected chi connectivity index (χ4v) is 4.06. The van der Waals surface area contributed by atoms with Crippen LogP contribution in [0.5, 0.6) is 0 Å². The highest BCUT2D eigenvalue weighted by Crippen LogP contribution is 2.58. The normalized spacial score (nSPS) is 36.6. The van der Waals surface area contributed by atoms with Crippen molar-refractivity contribution in [3.05, 3.63) is 0 Å². The van der Waals surface area contributed by atoms with E-state index in [0.717, 1.165) is 25.9 Å². The summed E-state index contributed by atoms with van der Waals surface area (Å²) < 4.78 is 0. The Morgan fingerprint density at radius 2 is 1.89 bits per heavy atom. The minimum atomic E-state index is 0.323. The molecule has 1 amide bonds. The molecular formula is C15H26N2O. The average molecular weight is 250 g/mol. The molecule has 18 heavy (non-hydrogen) atoms. The molecule has 3 fully saturated rings. The van der Waals surface area contributed by atoms with Crippen LogP contribution in [0.15, 0.2) is 0 Å². The van der Waals surface area contributed by atoms with Crippen molar-refractivity contribution in [3.63, 3.8) is 0 Å². The molecule has 102 valence electrons. The predicted molar refractivity (Wildman–Crippen MR) is 72.2 cm³/mol. The molecule has 2 atom stereocenters. The van der Waals surface area contributed by atoms with E-state index in [0.29, 0.717) is 28.7 Å². The fourth-order valence-electron chi connectivity index (χ4n) is 4.06. The number of hydrogen-bond acceptors (Lipinski definition) is 2. The minimum Gasteiger partial charge on any atom is -0.353 e. The first-order chi connectivity index (χ1) is 8.51. The zero-order valence-electron chi connectivity index (χ0n) is 11.7. The third-order valence-corrected chi connectivity index (χ3v) is 5.42. The Morgan fingerprint density at radius 3 is 2.50 bits per heavy atom. The fraction of sp³-hybridized carbons (Fsp3) is 0.933. The van der Waals surface area contributed by atoms with Crippen molar-refractivity contribution in [1.82, 2.24) is 10.6 Å². The van der Waals surface area contributed by atoms with Crippen LogP contribution in [0.3, 0.4) is 0 Å². The summed E-state index contributed by atoms with van der Waals surface area (Å²) in [6.45, 7) is 6.82. The van der Waals surface area contributed by atoms with Gasteiger partial charge in [-0.15, -0.1) is 0 Å². The maximum atomic E-state index is 12.3. The van der Waals surface area contributed by atoms with Gasteiger partial charge in [-0.3, -0.25) is 4.79 Å². The molecule has 2 aliphatic carbocycles. The van der Waals surface area contributed by atoms with Gasteiger partial charge in [0.1, 0.15) is 0 Å². The van der Waals surface area contributed by atoms with Gasteiger partial charge in [0.15, 0.2) is 0 Å². The van der Waals surface area contributed by atoms with Crippen LogP contribution in [0, 0.1) is 16.7 Å². The van der Waals surface area contributed by atoms with E-state index in [2.05, 4.69) is 24.5 Å². The van der Waals surface area contributed by atoms with Gasteiger partial charge in [-0.1, -0.05) is 13.8 Å². The molecule has 1 spiro atoms. The highest BCUT2D eigenvalue weighted by atomic mass is 16.2. The van der Waals surface area contributed by atoms with Gasteiger partial charge in [0.05, 0.1) is 0 Å². The first-order valence-corrected chi connectivity index (χ1v) is 7.52. The largest absolute Gasteiger partial charge is 0.353 e. The molecule has 3 rings (SSSR count). The molecule has 2 saturated carbocycles. The second-order valence-electron chi connectivity index (χ2n) is 7.48. The van der Waals surface area contributed by atoms with E-state index in [1.165, 1.54) is 25.7 Å². The minimum absolute atomic E-state index is 0.323. The SMILES string of the molecule is CC1(C)CCC(NC(=O)C2CC23CCNCC3)C1. The third kappa shape index (κ3) is 2.29. The molecule has 0 bridgehead atoms. The Labute approximate surface area is 110 Å². The van der Waals surface area contributed by atoms with Gasteiger partial charge in [0.25, 0.3) is 0 Å². The highest BCUT2D eigenvalue weighted by molar-refractivity contribution is 5.83. The predicted octanol–water partition coefficient (Wildman–Crippen LogP) is 2.07. The molecule has 1 saturated heterocycles. The third-order valence-electron chi connectivity index (χ3n) is 5.42. The molecule has 3 aliphatic rings. The van der Waals surface area contributed by atoms with Crippen molar-refractivity contribution in [1.29, 1.82) is 0 Å². The van der Waals surface area contributed by atoms with Crippen LogP contribution in [0.4, 0.5) is 0 Å². The molecule has 0 aromatic carbocycles. The lowest BCUT2D eigenvalue weighted by molar-refractivity contribution is -0.124. The summed E-state index contributed by atoms with van der Waals surface area (Å²) in [5, 5.41) is 6.70. The maximum Gasteiger partial charge on any atom is 0.223 e. The molecule has 0 aromatic rings. The molecule has 3 nitrogen and oxygen atoms in total. The van der Waals surface area contributed by atoms with E-state index >= 15 is 0 Å². The Morgan fingerprint density at radius 1 is 1.17 bits per heavy atom. The molecule has 2 N–H and O–H groups in total. The van der Waals surface area contributed by atoms with Gasteiger partial charge >= 0.3 is 0 Å². The molecule has 3 heteroatoms. The van der Waals surface area contributed by atoms with E-state index in [1.807, 2.05) is 0 Å². The second kappa shape index (κ2) is 4.22. The number of nitrogens with one attached hydrogen (secondary N) is 2. The summed E-state index contributed by atoms with van der Waals surface area (Å²) in [4.78, 5) is 12.3. The smallest absolute Gasteiger partial charge is 0.223 e. The zero-order chi connectivity index (χ0) is 12.8. The van der Waals surface area contributed by atoms with E-state index < -0.39 is 0 Å². The average Bonchev–Trinajstić information content (AvgIpc) is 2.89. The van der Waals surface area contributed by atoms with Gasteiger partial charge < -0.3 is 10.6 Å². The quantitative estimate of drug-likeness (QED) is 0.788.